The highest BCUT2D eigenvalue weighted by Crippen LogP contribution is 2.40. The van der Waals surface area contributed by atoms with Crippen molar-refractivity contribution in [2.24, 2.45) is 0 Å². The van der Waals surface area contributed by atoms with Gasteiger partial charge in [0.15, 0.2) is 11.0 Å². The predicted molar refractivity (Wildman–Crippen MR) is 299 cm³/mol. The van der Waals surface area contributed by atoms with E-state index in [1.165, 1.54) is 49.6 Å². The van der Waals surface area contributed by atoms with E-state index in [-0.39, 0.29) is 16.2 Å². The van der Waals surface area contributed by atoms with Crippen molar-refractivity contribution in [1.82, 2.24) is 18.7 Å². The van der Waals surface area contributed by atoms with Crippen LogP contribution in [0.3, 0.4) is 0 Å². The van der Waals surface area contributed by atoms with Crippen molar-refractivity contribution in [3.63, 3.8) is 0 Å². The number of benzene rings is 8. The van der Waals surface area contributed by atoms with Crippen LogP contribution in [-0.2, 0) is 16.2 Å². The Labute approximate surface area is 422 Å². The summed E-state index contributed by atoms with van der Waals surface area (Å²) in [5, 5.41) is 4.75. The highest BCUT2D eigenvalue weighted by molar-refractivity contribution is 6.12. The van der Waals surface area contributed by atoms with E-state index >= 15 is 0 Å². The van der Waals surface area contributed by atoms with Crippen molar-refractivity contribution in [1.29, 1.82) is 0 Å². The van der Waals surface area contributed by atoms with Crippen molar-refractivity contribution in [2.45, 2.75) is 78.6 Å². The van der Waals surface area contributed by atoms with Crippen LogP contribution in [0.4, 0.5) is 0 Å². The van der Waals surface area contributed by atoms with Crippen molar-refractivity contribution in [2.75, 3.05) is 0 Å². The molecule has 0 saturated carbocycles. The monoisotopic (exact) mass is 938 g/mol. The van der Waals surface area contributed by atoms with Gasteiger partial charge in [0.1, 0.15) is 28.7 Å². The van der Waals surface area contributed by atoms with Gasteiger partial charge in [-0.15, -0.1) is 0 Å². The first-order valence-electron chi connectivity index (χ1n) is 25.2. The molecular formula is C66H60N5O+. The Kier molecular flexibility index (Phi) is 10.4. The number of nitrogens with zero attached hydrogens (tertiary/aromatic N) is 5. The molecule has 72 heavy (non-hydrogen) atoms. The molecule has 12 aromatic rings. The molecule has 0 aliphatic rings. The van der Waals surface area contributed by atoms with Crippen LogP contribution in [0.1, 0.15) is 79.0 Å². The lowest BCUT2D eigenvalue weighted by molar-refractivity contribution is -0.567. The number of rotatable bonds is 7. The van der Waals surface area contributed by atoms with Gasteiger partial charge in [0.2, 0.25) is 0 Å². The summed E-state index contributed by atoms with van der Waals surface area (Å²) in [5.41, 5.74) is 16.0. The third-order valence-electron chi connectivity index (χ3n) is 14.5. The Morgan fingerprint density at radius 2 is 1.03 bits per heavy atom. The van der Waals surface area contributed by atoms with Crippen LogP contribution < -0.4 is 9.30 Å². The van der Waals surface area contributed by atoms with E-state index in [0.29, 0.717) is 0 Å². The molecule has 0 spiro atoms. The number of hydrogen-bond donors (Lipinski definition) is 0. The Morgan fingerprint density at radius 3 is 1.72 bits per heavy atom. The van der Waals surface area contributed by atoms with Crippen LogP contribution in [0.25, 0.3) is 88.7 Å². The number of aromatic nitrogens is 5. The number of fused-ring (bicyclic) bond motifs is 7. The van der Waals surface area contributed by atoms with E-state index < -0.39 is 0 Å². The molecule has 12 rings (SSSR count). The summed E-state index contributed by atoms with van der Waals surface area (Å²) in [6.45, 7) is 20.6. The standard InChI is InChI=1S/C66H60N5O/c1-64(2,3)45-32-33-67-63(38-45)71-59-31-27-49(70-57-24-15-13-22-53(57)54-23-14-16-25-58(54)70)40-56(59)55-29-28-52(41-61(55)71)72-51-21-17-20-48(39-51)68-42-69(50-36-46(65(4,5)6)35-47(37-50)66(7,8)9)62-34-44(26-30-60(62)68)43-18-11-10-12-19-43/h10-42H,1-9H3/q+1. The quantitative estimate of drug-likeness (QED) is 0.149. The maximum Gasteiger partial charge on any atom is 0.255 e. The molecular weight excluding hydrogens is 879 g/mol. The lowest BCUT2D eigenvalue weighted by Gasteiger charge is -2.25. The average Bonchev–Trinajstić information content (AvgIpc) is 4.03. The largest absolute Gasteiger partial charge is 0.457 e. The maximum absolute atomic E-state index is 6.92. The molecule has 0 radical (unpaired) electrons. The van der Waals surface area contributed by atoms with Crippen molar-refractivity contribution < 1.29 is 9.30 Å². The van der Waals surface area contributed by atoms with Gasteiger partial charge in [-0.25, -0.2) is 4.98 Å². The first kappa shape index (κ1) is 45.0. The number of pyridine rings is 1. The molecule has 0 aliphatic heterocycles. The highest BCUT2D eigenvalue weighted by atomic mass is 16.5. The van der Waals surface area contributed by atoms with E-state index in [1.807, 2.05) is 12.3 Å². The first-order chi connectivity index (χ1) is 34.6. The van der Waals surface area contributed by atoms with E-state index in [1.54, 1.807) is 0 Å². The first-order valence-corrected chi connectivity index (χ1v) is 25.2. The Bertz CT molecular complexity index is 3990. The fourth-order valence-electron chi connectivity index (χ4n) is 10.5. The molecule has 0 N–H and O–H groups in total. The molecule has 354 valence electrons. The lowest BCUT2D eigenvalue weighted by Crippen LogP contribution is -2.31. The Hall–Kier alpha value is -8.22. The van der Waals surface area contributed by atoms with Gasteiger partial charge in [0.05, 0.1) is 22.1 Å². The van der Waals surface area contributed by atoms with Crippen LogP contribution in [0, 0.1) is 0 Å². The van der Waals surface area contributed by atoms with Crippen LogP contribution in [0.2, 0.25) is 0 Å². The summed E-state index contributed by atoms with van der Waals surface area (Å²) >= 11 is 0. The predicted octanol–water partition coefficient (Wildman–Crippen LogP) is 16.8. The third-order valence-corrected chi connectivity index (χ3v) is 14.5. The summed E-state index contributed by atoms with van der Waals surface area (Å²) < 4.78 is 16.3. The second kappa shape index (κ2) is 16.7. The molecule has 6 nitrogen and oxygen atoms in total. The van der Waals surface area contributed by atoms with Crippen LogP contribution in [0.15, 0.2) is 201 Å². The molecule has 6 heteroatoms. The maximum atomic E-state index is 6.92. The number of hydrogen-bond acceptors (Lipinski definition) is 2. The fourth-order valence-corrected chi connectivity index (χ4v) is 10.5. The molecule has 0 unspecified atom stereocenters. The van der Waals surface area contributed by atoms with E-state index in [9.17, 15) is 0 Å². The van der Waals surface area contributed by atoms with Gasteiger partial charge in [-0.05, 0) is 141 Å². The fraction of sp³-hybridized carbons (Fsp3) is 0.182. The lowest BCUT2D eigenvalue weighted by atomic mass is 9.80. The van der Waals surface area contributed by atoms with E-state index in [4.69, 9.17) is 9.72 Å². The molecule has 0 atom stereocenters. The second-order valence-corrected chi connectivity index (χ2v) is 22.5. The molecule has 8 aromatic carbocycles. The van der Waals surface area contributed by atoms with Gasteiger partial charge < -0.3 is 9.30 Å². The topological polar surface area (TPSA) is 40.8 Å². The van der Waals surface area contributed by atoms with Gasteiger partial charge in [-0.3, -0.25) is 4.57 Å². The average molecular weight is 939 g/mol. The second-order valence-electron chi connectivity index (χ2n) is 22.5. The van der Waals surface area contributed by atoms with Crippen molar-refractivity contribution >= 4 is 54.6 Å². The molecule has 0 bridgehead atoms. The Balaban J connectivity index is 0.991. The van der Waals surface area contributed by atoms with Gasteiger partial charge in [0, 0.05) is 45.6 Å². The van der Waals surface area contributed by atoms with Gasteiger partial charge in [-0.2, -0.15) is 9.13 Å². The smallest absolute Gasteiger partial charge is 0.255 e. The number of para-hydroxylation sites is 2. The van der Waals surface area contributed by atoms with Crippen LogP contribution in [0.5, 0.6) is 11.5 Å². The summed E-state index contributed by atoms with van der Waals surface area (Å²) in [6.07, 6.45) is 4.18. The van der Waals surface area contributed by atoms with E-state index in [2.05, 4.69) is 269 Å². The molecule has 0 fully saturated rings. The SMILES string of the molecule is CC(C)(C)c1cc(-[n+]2cn(-c3cccc(Oc4ccc5c6cc(-n7c8ccccc8c8ccccc87)ccc6n(-c6cc(C(C)(C)C)ccn6)c5c4)c3)c3ccc(-c4ccccc4)cc32)cc(C(C)(C)C)c1. The third kappa shape index (κ3) is 7.83. The summed E-state index contributed by atoms with van der Waals surface area (Å²) in [5.74, 6) is 2.36. The zero-order valence-corrected chi connectivity index (χ0v) is 42.7. The minimum atomic E-state index is -0.0558. The number of ether oxygens (including phenoxy) is 1. The van der Waals surface area contributed by atoms with Gasteiger partial charge in [-0.1, -0.05) is 141 Å². The number of imidazole rings is 1. The molecule has 0 aliphatic carbocycles. The highest BCUT2D eigenvalue weighted by Gasteiger charge is 2.27. The van der Waals surface area contributed by atoms with Crippen LogP contribution in [-0.4, -0.2) is 18.7 Å². The minimum absolute atomic E-state index is 0.0312. The minimum Gasteiger partial charge on any atom is -0.457 e. The Morgan fingerprint density at radius 1 is 0.403 bits per heavy atom. The van der Waals surface area contributed by atoms with E-state index in [0.717, 1.165) is 67.2 Å². The zero-order chi connectivity index (χ0) is 49.7. The zero-order valence-electron chi connectivity index (χ0n) is 42.7. The van der Waals surface area contributed by atoms with Gasteiger partial charge >= 0.3 is 0 Å². The van der Waals surface area contributed by atoms with Crippen LogP contribution >= 0.6 is 0 Å². The molecule has 0 amide bonds. The summed E-state index contributed by atoms with van der Waals surface area (Å²) in [4.78, 5) is 5.03. The summed E-state index contributed by atoms with van der Waals surface area (Å²) in [7, 11) is 0. The molecule has 0 saturated heterocycles. The van der Waals surface area contributed by atoms with Crippen molar-refractivity contribution in [3.05, 3.63) is 217 Å². The normalized spacial score (nSPS) is 12.5. The molecule has 4 aromatic heterocycles. The van der Waals surface area contributed by atoms with Gasteiger partial charge in [0.25, 0.3) is 6.33 Å². The molecule has 4 heterocycles. The summed E-state index contributed by atoms with van der Waals surface area (Å²) in [6, 6.07) is 68.1. The van der Waals surface area contributed by atoms with Crippen molar-refractivity contribution in [3.8, 4) is 45.5 Å².